The molecule has 0 N–H and O–H groups in total. The van der Waals surface area contributed by atoms with Crippen molar-refractivity contribution in [2.24, 2.45) is 7.05 Å². The fraction of sp³-hybridized carbons (Fsp3) is 0.167. The van der Waals surface area contributed by atoms with Gasteiger partial charge in [0.05, 0.1) is 5.52 Å². The highest BCUT2D eigenvalue weighted by Crippen LogP contribution is 2.20. The second kappa shape index (κ2) is 4.64. The van der Waals surface area contributed by atoms with Gasteiger partial charge in [-0.15, -0.1) is 0 Å². The number of hydrogen-bond donors (Lipinski definition) is 0. The molecule has 0 aliphatic rings. The van der Waals surface area contributed by atoms with Crippen molar-refractivity contribution in [1.82, 2.24) is 4.57 Å². The maximum Gasteiger partial charge on any atom is 0.197 e. The topological polar surface area (TPSA) is 22.0 Å². The molecule has 100 valence electrons. The molecule has 0 bridgehead atoms. The first kappa shape index (κ1) is 12.7. The second-order valence-electron chi connectivity index (χ2n) is 5.37. The summed E-state index contributed by atoms with van der Waals surface area (Å²) in [6.07, 6.45) is 1.92. The summed E-state index contributed by atoms with van der Waals surface area (Å²) in [5, 5.41) is 0.783. The van der Waals surface area contributed by atoms with Crippen LogP contribution in [0.15, 0.2) is 53.5 Å². The maximum atomic E-state index is 12.7. The van der Waals surface area contributed by atoms with E-state index in [2.05, 4.69) is 0 Å². The van der Waals surface area contributed by atoms with E-state index in [9.17, 15) is 4.79 Å². The molecule has 0 spiro atoms. The Morgan fingerprint density at radius 3 is 2.25 bits per heavy atom. The normalized spacial score (nSPS) is 10.9. The Labute approximate surface area is 118 Å². The second-order valence-corrected chi connectivity index (χ2v) is 5.37. The zero-order valence-electron chi connectivity index (χ0n) is 12.0. The van der Waals surface area contributed by atoms with E-state index < -0.39 is 0 Å². The van der Waals surface area contributed by atoms with Crippen molar-refractivity contribution < 1.29 is 0 Å². The maximum absolute atomic E-state index is 12.7. The fourth-order valence-electron chi connectivity index (χ4n) is 2.54. The van der Waals surface area contributed by atoms with Crippen molar-refractivity contribution in [3.8, 4) is 11.1 Å². The van der Waals surface area contributed by atoms with E-state index in [0.29, 0.717) is 0 Å². The number of aryl methyl sites for hydroxylation is 3. The third kappa shape index (κ3) is 2.03. The van der Waals surface area contributed by atoms with Crippen LogP contribution < -0.4 is 5.43 Å². The minimum Gasteiger partial charge on any atom is -0.350 e. The first-order valence-electron chi connectivity index (χ1n) is 6.73. The van der Waals surface area contributed by atoms with Crippen LogP contribution in [0.5, 0.6) is 0 Å². The predicted octanol–water partition coefficient (Wildman–Crippen LogP) is 3.82. The van der Waals surface area contributed by atoms with Crippen LogP contribution in [0.2, 0.25) is 0 Å². The van der Waals surface area contributed by atoms with Gasteiger partial charge < -0.3 is 4.57 Å². The Hall–Kier alpha value is -2.35. The standard InChI is InChI=1S/C18H17NO/c1-12-4-7-14(8-5-12)16-11-19(3)17-9-6-13(2)10-15(17)18(16)20/h4-11H,1-3H3. The van der Waals surface area contributed by atoms with Crippen molar-refractivity contribution in [3.63, 3.8) is 0 Å². The SMILES string of the molecule is Cc1ccc(-c2cn(C)c3ccc(C)cc3c2=O)cc1. The van der Waals surface area contributed by atoms with Gasteiger partial charge in [-0.1, -0.05) is 41.5 Å². The highest BCUT2D eigenvalue weighted by Gasteiger charge is 2.09. The number of hydrogen-bond acceptors (Lipinski definition) is 1. The minimum absolute atomic E-state index is 0.102. The van der Waals surface area contributed by atoms with Gasteiger partial charge in [-0.2, -0.15) is 0 Å². The Kier molecular flexibility index (Phi) is 2.94. The molecule has 20 heavy (non-hydrogen) atoms. The van der Waals surface area contributed by atoms with Crippen LogP contribution in [0.4, 0.5) is 0 Å². The zero-order valence-corrected chi connectivity index (χ0v) is 12.0. The first-order chi connectivity index (χ1) is 9.56. The van der Waals surface area contributed by atoms with E-state index in [-0.39, 0.29) is 5.43 Å². The lowest BCUT2D eigenvalue weighted by Crippen LogP contribution is -2.10. The van der Waals surface area contributed by atoms with Gasteiger partial charge in [-0.25, -0.2) is 0 Å². The highest BCUT2D eigenvalue weighted by atomic mass is 16.1. The molecule has 2 aromatic carbocycles. The Balaban J connectivity index is 2.35. The van der Waals surface area contributed by atoms with E-state index in [1.54, 1.807) is 0 Å². The molecule has 0 aliphatic carbocycles. The van der Waals surface area contributed by atoms with Crippen LogP contribution >= 0.6 is 0 Å². The van der Waals surface area contributed by atoms with Gasteiger partial charge in [-0.3, -0.25) is 4.79 Å². The largest absolute Gasteiger partial charge is 0.350 e. The molecule has 1 aromatic heterocycles. The van der Waals surface area contributed by atoms with Crippen LogP contribution in [0, 0.1) is 13.8 Å². The highest BCUT2D eigenvalue weighted by molar-refractivity contribution is 5.84. The van der Waals surface area contributed by atoms with E-state index in [4.69, 9.17) is 0 Å². The molecule has 3 rings (SSSR count). The Bertz CT molecular complexity index is 842. The summed E-state index contributed by atoms with van der Waals surface area (Å²) >= 11 is 0. The van der Waals surface area contributed by atoms with Gasteiger partial charge in [-0.05, 0) is 31.5 Å². The predicted molar refractivity (Wildman–Crippen MR) is 84.1 cm³/mol. The third-order valence-electron chi connectivity index (χ3n) is 3.71. The summed E-state index contributed by atoms with van der Waals surface area (Å²) in [6, 6.07) is 14.1. The van der Waals surface area contributed by atoms with Gasteiger partial charge in [0, 0.05) is 24.2 Å². The molecule has 1 heterocycles. The summed E-state index contributed by atoms with van der Waals surface area (Å²) in [4.78, 5) is 12.7. The summed E-state index contributed by atoms with van der Waals surface area (Å²) in [7, 11) is 1.98. The molecule has 2 heteroatoms. The number of nitrogens with zero attached hydrogens (tertiary/aromatic N) is 1. The van der Waals surface area contributed by atoms with Crippen LogP contribution in [-0.4, -0.2) is 4.57 Å². The van der Waals surface area contributed by atoms with Crippen LogP contribution in [-0.2, 0) is 7.05 Å². The minimum atomic E-state index is 0.102. The molecule has 0 amide bonds. The van der Waals surface area contributed by atoms with Gasteiger partial charge in [0.1, 0.15) is 0 Å². The lowest BCUT2D eigenvalue weighted by Gasteiger charge is -2.10. The average molecular weight is 263 g/mol. The first-order valence-corrected chi connectivity index (χ1v) is 6.73. The molecular formula is C18H17NO. The van der Waals surface area contributed by atoms with Crippen molar-refractivity contribution in [3.05, 3.63) is 70.0 Å². The summed E-state index contributed by atoms with van der Waals surface area (Å²) in [6.45, 7) is 4.06. The Morgan fingerprint density at radius 2 is 1.55 bits per heavy atom. The monoisotopic (exact) mass is 263 g/mol. The number of benzene rings is 2. The molecule has 2 nitrogen and oxygen atoms in total. The quantitative estimate of drug-likeness (QED) is 0.654. The zero-order chi connectivity index (χ0) is 14.3. The van der Waals surface area contributed by atoms with Gasteiger partial charge in [0.25, 0.3) is 0 Å². The molecule has 0 unspecified atom stereocenters. The number of pyridine rings is 1. The molecule has 0 aliphatic heterocycles. The van der Waals surface area contributed by atoms with Crippen molar-refractivity contribution >= 4 is 10.9 Å². The number of rotatable bonds is 1. The van der Waals surface area contributed by atoms with Crippen LogP contribution in [0.25, 0.3) is 22.0 Å². The molecular weight excluding hydrogens is 246 g/mol. The molecule has 0 saturated carbocycles. The summed E-state index contributed by atoms with van der Waals surface area (Å²) in [5.41, 5.74) is 5.10. The van der Waals surface area contributed by atoms with Crippen LogP contribution in [0.3, 0.4) is 0 Å². The van der Waals surface area contributed by atoms with Crippen molar-refractivity contribution in [1.29, 1.82) is 0 Å². The molecule has 0 atom stereocenters. The van der Waals surface area contributed by atoms with E-state index in [1.807, 2.05) is 74.1 Å². The smallest absolute Gasteiger partial charge is 0.197 e. The van der Waals surface area contributed by atoms with Crippen molar-refractivity contribution in [2.45, 2.75) is 13.8 Å². The van der Waals surface area contributed by atoms with Gasteiger partial charge >= 0.3 is 0 Å². The van der Waals surface area contributed by atoms with Crippen molar-refractivity contribution in [2.75, 3.05) is 0 Å². The third-order valence-corrected chi connectivity index (χ3v) is 3.71. The summed E-state index contributed by atoms with van der Waals surface area (Å²) < 4.78 is 2.02. The summed E-state index contributed by atoms with van der Waals surface area (Å²) in [5.74, 6) is 0. The average Bonchev–Trinajstić information content (AvgIpc) is 2.44. The van der Waals surface area contributed by atoms with E-state index in [0.717, 1.165) is 27.6 Å². The number of aromatic nitrogens is 1. The molecule has 3 aromatic rings. The van der Waals surface area contributed by atoms with E-state index in [1.165, 1.54) is 5.56 Å². The fourth-order valence-corrected chi connectivity index (χ4v) is 2.54. The van der Waals surface area contributed by atoms with Gasteiger partial charge in [0.2, 0.25) is 0 Å². The van der Waals surface area contributed by atoms with Gasteiger partial charge in [0.15, 0.2) is 5.43 Å². The lowest BCUT2D eigenvalue weighted by molar-refractivity contribution is 0.952. The molecule has 0 saturated heterocycles. The molecule has 0 fully saturated rings. The number of fused-ring (bicyclic) bond motifs is 1. The lowest BCUT2D eigenvalue weighted by atomic mass is 10.0. The molecule has 0 radical (unpaired) electrons. The van der Waals surface area contributed by atoms with Crippen LogP contribution in [0.1, 0.15) is 11.1 Å². The Morgan fingerprint density at radius 1 is 0.900 bits per heavy atom. The van der Waals surface area contributed by atoms with E-state index >= 15 is 0 Å².